The average molecular weight is 360 g/mol. The smallest absolute Gasteiger partial charge is 0.200 e. The van der Waals surface area contributed by atoms with Crippen molar-refractivity contribution in [3.63, 3.8) is 0 Å². The predicted octanol–water partition coefficient (Wildman–Crippen LogP) is 3.89. The van der Waals surface area contributed by atoms with Gasteiger partial charge in [0.15, 0.2) is 0 Å². The molecule has 0 saturated carbocycles. The molecule has 6 heteroatoms. The van der Waals surface area contributed by atoms with Gasteiger partial charge in [0.1, 0.15) is 23.3 Å². The molecule has 0 fully saturated rings. The second-order valence-electron chi connectivity index (χ2n) is 6.01. The van der Waals surface area contributed by atoms with Crippen LogP contribution in [-0.4, -0.2) is 31.2 Å². The summed E-state index contributed by atoms with van der Waals surface area (Å²) >= 11 is 6.12. The van der Waals surface area contributed by atoms with Gasteiger partial charge in [-0.2, -0.15) is 0 Å². The minimum atomic E-state index is -0.201. The van der Waals surface area contributed by atoms with E-state index in [9.17, 15) is 9.90 Å². The highest BCUT2D eigenvalue weighted by Gasteiger charge is 2.18. The van der Waals surface area contributed by atoms with Gasteiger partial charge in [-0.1, -0.05) is 23.7 Å². The molecule has 0 radical (unpaired) electrons. The van der Waals surface area contributed by atoms with Crippen molar-refractivity contribution in [3.05, 3.63) is 57.4 Å². The highest BCUT2D eigenvalue weighted by molar-refractivity contribution is 6.33. The minimum Gasteiger partial charge on any atom is -0.506 e. The summed E-state index contributed by atoms with van der Waals surface area (Å²) in [6.07, 6.45) is 1.42. The number of phenols is 1. The normalized spacial score (nSPS) is 11.2. The second kappa shape index (κ2) is 6.78. The molecule has 5 nitrogen and oxygen atoms in total. The Hall–Kier alpha value is -2.50. The van der Waals surface area contributed by atoms with E-state index in [0.717, 1.165) is 5.56 Å². The molecule has 0 atom stereocenters. The molecule has 0 unspecified atom stereocenters. The van der Waals surface area contributed by atoms with Crippen LogP contribution in [0.4, 0.5) is 0 Å². The first kappa shape index (κ1) is 17.3. The number of benzene rings is 2. The molecule has 3 rings (SSSR count). The van der Waals surface area contributed by atoms with Crippen molar-refractivity contribution in [1.82, 2.24) is 4.90 Å². The summed E-state index contributed by atoms with van der Waals surface area (Å²) in [5.74, 6) is 0.637. The summed E-state index contributed by atoms with van der Waals surface area (Å²) in [6.45, 7) is 0.397. The van der Waals surface area contributed by atoms with Gasteiger partial charge >= 0.3 is 0 Å². The number of hydrogen-bond acceptors (Lipinski definition) is 5. The largest absolute Gasteiger partial charge is 0.506 e. The molecule has 3 aromatic rings. The van der Waals surface area contributed by atoms with Crippen LogP contribution in [0.2, 0.25) is 5.02 Å². The molecule has 25 heavy (non-hydrogen) atoms. The van der Waals surface area contributed by atoms with Crippen LogP contribution in [-0.2, 0) is 6.54 Å². The zero-order valence-corrected chi connectivity index (χ0v) is 14.9. The molecule has 0 aliphatic carbocycles. The minimum absolute atomic E-state index is 0.0665. The van der Waals surface area contributed by atoms with E-state index in [1.165, 1.54) is 12.3 Å². The van der Waals surface area contributed by atoms with E-state index >= 15 is 0 Å². The monoisotopic (exact) mass is 359 g/mol. The first-order chi connectivity index (χ1) is 11.9. The lowest BCUT2D eigenvalue weighted by atomic mass is 10.0. The molecule has 0 spiro atoms. The predicted molar refractivity (Wildman–Crippen MR) is 98.5 cm³/mol. The Morgan fingerprint density at radius 3 is 2.52 bits per heavy atom. The van der Waals surface area contributed by atoms with Crippen molar-refractivity contribution in [2.45, 2.75) is 6.54 Å². The third kappa shape index (κ3) is 3.21. The van der Waals surface area contributed by atoms with Gasteiger partial charge in [0.2, 0.25) is 5.43 Å². The maximum atomic E-state index is 12.9. The molecule has 1 heterocycles. The summed E-state index contributed by atoms with van der Waals surface area (Å²) < 4.78 is 10.9. The number of rotatable bonds is 4. The summed E-state index contributed by atoms with van der Waals surface area (Å²) in [5.41, 5.74) is 1.78. The van der Waals surface area contributed by atoms with Crippen molar-refractivity contribution in [3.8, 4) is 22.6 Å². The number of phenolic OH excluding ortho intramolecular Hbond substituents is 1. The standard InChI is InChI=1S/C19H18ClNO4/c1-21(2)9-14-18(23)16(20)8-13-17(22)15(10-25-19(13)14)11-4-6-12(24-3)7-5-11/h4-8,10,23H,9H2,1-3H3. The molecular weight excluding hydrogens is 342 g/mol. The molecule has 0 aliphatic heterocycles. The van der Waals surface area contributed by atoms with Crippen LogP contribution in [0.15, 0.2) is 45.8 Å². The van der Waals surface area contributed by atoms with Crippen LogP contribution in [0, 0.1) is 0 Å². The third-order valence-electron chi connectivity index (χ3n) is 3.96. The topological polar surface area (TPSA) is 62.9 Å². The number of hydrogen-bond donors (Lipinski definition) is 1. The third-order valence-corrected chi connectivity index (χ3v) is 4.25. The lowest BCUT2D eigenvalue weighted by Crippen LogP contribution is -2.13. The lowest BCUT2D eigenvalue weighted by molar-refractivity contribution is 0.384. The molecular formula is C19H18ClNO4. The molecule has 0 aliphatic rings. The van der Waals surface area contributed by atoms with Crippen molar-refractivity contribution < 1.29 is 14.3 Å². The average Bonchev–Trinajstić information content (AvgIpc) is 2.60. The Morgan fingerprint density at radius 1 is 1.24 bits per heavy atom. The van der Waals surface area contributed by atoms with Gasteiger partial charge in [0.05, 0.1) is 28.6 Å². The Morgan fingerprint density at radius 2 is 1.92 bits per heavy atom. The zero-order valence-electron chi connectivity index (χ0n) is 14.2. The van der Waals surface area contributed by atoms with Crippen molar-refractivity contribution in [1.29, 1.82) is 0 Å². The maximum Gasteiger partial charge on any atom is 0.200 e. The number of ether oxygens (including phenoxy) is 1. The van der Waals surface area contributed by atoms with Gasteiger partial charge < -0.3 is 19.2 Å². The number of fused-ring (bicyclic) bond motifs is 1. The first-order valence-corrected chi connectivity index (χ1v) is 8.05. The van der Waals surface area contributed by atoms with Crippen LogP contribution < -0.4 is 10.2 Å². The van der Waals surface area contributed by atoms with Gasteiger partial charge in [-0.25, -0.2) is 0 Å². The van der Waals surface area contributed by atoms with E-state index in [2.05, 4.69) is 0 Å². The van der Waals surface area contributed by atoms with Crippen LogP contribution in [0.5, 0.6) is 11.5 Å². The second-order valence-corrected chi connectivity index (χ2v) is 6.41. The van der Waals surface area contributed by atoms with E-state index in [-0.39, 0.29) is 16.2 Å². The van der Waals surface area contributed by atoms with Crippen LogP contribution in [0.3, 0.4) is 0 Å². The highest BCUT2D eigenvalue weighted by atomic mass is 35.5. The van der Waals surface area contributed by atoms with E-state index in [0.29, 0.717) is 34.4 Å². The van der Waals surface area contributed by atoms with Gasteiger partial charge in [-0.3, -0.25) is 4.79 Å². The Balaban J connectivity index is 2.23. The van der Waals surface area contributed by atoms with Gasteiger partial charge in [-0.05, 0) is 37.9 Å². The van der Waals surface area contributed by atoms with Gasteiger partial charge in [-0.15, -0.1) is 0 Å². The zero-order chi connectivity index (χ0) is 18.1. The Bertz CT molecular complexity index is 977. The van der Waals surface area contributed by atoms with E-state index < -0.39 is 0 Å². The highest BCUT2D eigenvalue weighted by Crippen LogP contribution is 2.35. The summed E-state index contributed by atoms with van der Waals surface area (Å²) in [4.78, 5) is 14.8. The molecule has 0 amide bonds. The molecule has 130 valence electrons. The Labute approximate surface area is 150 Å². The van der Waals surface area contributed by atoms with Crippen LogP contribution in [0.25, 0.3) is 22.1 Å². The first-order valence-electron chi connectivity index (χ1n) is 7.67. The summed E-state index contributed by atoms with van der Waals surface area (Å²) in [7, 11) is 5.30. The number of aromatic hydroxyl groups is 1. The SMILES string of the molecule is COc1ccc(-c2coc3c(CN(C)C)c(O)c(Cl)cc3c2=O)cc1. The lowest BCUT2D eigenvalue weighted by Gasteiger charge is -2.14. The van der Waals surface area contributed by atoms with E-state index in [1.807, 2.05) is 19.0 Å². The quantitative estimate of drug-likeness (QED) is 0.765. The van der Waals surface area contributed by atoms with Crippen molar-refractivity contribution >= 4 is 22.6 Å². The number of nitrogens with zero attached hydrogens (tertiary/aromatic N) is 1. The Kier molecular flexibility index (Phi) is 4.70. The van der Waals surface area contributed by atoms with E-state index in [4.69, 9.17) is 20.8 Å². The fourth-order valence-electron chi connectivity index (χ4n) is 2.73. The van der Waals surface area contributed by atoms with Gasteiger partial charge in [0.25, 0.3) is 0 Å². The molecule has 0 saturated heterocycles. The van der Waals surface area contributed by atoms with Crippen molar-refractivity contribution in [2.24, 2.45) is 0 Å². The molecule has 1 N–H and O–H groups in total. The van der Waals surface area contributed by atoms with Crippen molar-refractivity contribution in [2.75, 3.05) is 21.2 Å². The van der Waals surface area contributed by atoms with Crippen LogP contribution in [0.1, 0.15) is 5.56 Å². The summed E-state index contributed by atoms with van der Waals surface area (Å²) in [6, 6.07) is 8.59. The van der Waals surface area contributed by atoms with E-state index in [1.54, 1.807) is 31.4 Å². The fraction of sp³-hybridized carbons (Fsp3) is 0.211. The number of halogens is 1. The van der Waals surface area contributed by atoms with Gasteiger partial charge in [0, 0.05) is 6.54 Å². The fourth-order valence-corrected chi connectivity index (χ4v) is 2.95. The molecule has 0 bridgehead atoms. The summed E-state index contributed by atoms with van der Waals surface area (Å²) in [5, 5.41) is 10.7. The molecule has 1 aromatic heterocycles. The maximum absolute atomic E-state index is 12.9. The molecule has 2 aromatic carbocycles. The number of methoxy groups -OCH3 is 1. The van der Waals surface area contributed by atoms with Crippen LogP contribution >= 0.6 is 11.6 Å².